The maximum absolute atomic E-state index is 3.77. The van der Waals surface area contributed by atoms with Crippen LogP contribution in [0.2, 0.25) is 0 Å². The van der Waals surface area contributed by atoms with Gasteiger partial charge in [0.1, 0.15) is 8.86 Å². The van der Waals surface area contributed by atoms with Crippen LogP contribution in [0, 0.1) is 0 Å². The zero-order chi connectivity index (χ0) is 4.41. The smallest absolute Gasteiger partial charge is 0.197 e. The van der Waals surface area contributed by atoms with Crippen molar-refractivity contribution in [3.05, 3.63) is 0 Å². The normalized spacial score (nSPS) is 17.0. The minimum absolute atomic E-state index is 0.759. The molecule has 0 aromatic heterocycles. The molecule has 1 atom stereocenters. The predicted molar refractivity (Wildman–Crippen MR) is 31.7 cm³/mol. The van der Waals surface area contributed by atoms with E-state index in [-0.39, 0.29) is 0 Å². The summed E-state index contributed by atoms with van der Waals surface area (Å²) >= 11 is 0. The van der Waals surface area contributed by atoms with Gasteiger partial charge in [-0.2, -0.15) is 9.98 Å². The van der Waals surface area contributed by atoms with Crippen molar-refractivity contribution in [2.45, 2.75) is 0 Å². The van der Waals surface area contributed by atoms with Crippen molar-refractivity contribution in [3.8, 4) is 0 Å². The average Bonchev–Trinajstić information content (AvgIpc) is 1.86. The van der Waals surface area contributed by atoms with Gasteiger partial charge in [0.15, 0.2) is 0 Å². The maximum Gasteiger partial charge on any atom is 0.324 e. The van der Waals surface area contributed by atoms with Gasteiger partial charge < -0.3 is 0 Å². The summed E-state index contributed by atoms with van der Waals surface area (Å²) in [5.41, 5.74) is 0.759. The molecule has 0 bridgehead atoms. The van der Waals surface area contributed by atoms with Gasteiger partial charge in [-0.1, -0.05) is 0 Å². The molecule has 2 nitrogen and oxygen atoms in total. The highest BCUT2D eigenvalue weighted by Gasteiger charge is 1.91. The lowest BCUT2D eigenvalue weighted by Crippen LogP contribution is -1.68. The van der Waals surface area contributed by atoms with Gasteiger partial charge in [0.2, 0.25) is 0 Å². The van der Waals surface area contributed by atoms with Gasteiger partial charge in [-0.15, -0.1) is 0 Å². The Kier molecular flexibility index (Phi) is 0.807. The van der Waals surface area contributed by atoms with E-state index in [1.54, 1.807) is 12.4 Å². The van der Waals surface area contributed by atoms with E-state index in [1.807, 2.05) is 0 Å². The molecule has 0 aromatic carbocycles. The molecule has 0 amide bonds. The van der Waals surface area contributed by atoms with Gasteiger partial charge in [-0.25, -0.2) is 0 Å². The zero-order valence-corrected chi connectivity index (χ0v) is 4.28. The first-order valence-electron chi connectivity index (χ1n) is 1.59. The van der Waals surface area contributed by atoms with Gasteiger partial charge in [0.05, 0.1) is 12.4 Å². The van der Waals surface area contributed by atoms with E-state index in [9.17, 15) is 0 Å². The van der Waals surface area contributed by atoms with Crippen molar-refractivity contribution in [2.24, 2.45) is 9.98 Å². The van der Waals surface area contributed by atoms with E-state index in [0.29, 0.717) is 0 Å². The Morgan fingerprint density at radius 1 is 1.33 bits per heavy atom. The third-order valence-electron chi connectivity index (χ3n) is 0.480. The number of hydrogen-bond donors (Lipinski definition) is 0. The van der Waals surface area contributed by atoms with Crippen LogP contribution in [-0.4, -0.2) is 18.0 Å². The van der Waals surface area contributed by atoms with E-state index < -0.39 is 0 Å². The van der Waals surface area contributed by atoms with Gasteiger partial charge in [0, 0.05) is 0 Å². The van der Waals surface area contributed by atoms with Crippen LogP contribution < -0.4 is 0 Å². The van der Waals surface area contributed by atoms with Crippen LogP contribution in [0.5, 0.6) is 0 Å². The van der Waals surface area contributed by atoms with Crippen molar-refractivity contribution in [2.75, 3.05) is 0 Å². The maximum atomic E-state index is 3.77. The second-order valence-electron chi connectivity index (χ2n) is 0.915. The molecule has 3 heteroatoms. The highest BCUT2D eigenvalue weighted by molar-refractivity contribution is 7.21. The number of hydrogen-bond acceptors (Lipinski definition) is 0. The lowest BCUT2D eigenvalue weighted by molar-refractivity contribution is 1.69. The highest BCUT2D eigenvalue weighted by atomic mass is 31.0. The second-order valence-corrected chi connectivity index (χ2v) is 1.43. The quantitative estimate of drug-likeness (QED) is 0.385. The van der Waals surface area contributed by atoms with Crippen LogP contribution in [0.25, 0.3) is 0 Å². The summed E-state index contributed by atoms with van der Waals surface area (Å²) in [5.74, 6) is 0. The number of aliphatic imine (C=N–C) groups is 2. The molecule has 1 aliphatic heterocycles. The van der Waals surface area contributed by atoms with Gasteiger partial charge in [0.25, 0.3) is 0 Å². The summed E-state index contributed by atoms with van der Waals surface area (Å²) in [5, 5.41) is 0. The fourth-order valence-electron chi connectivity index (χ4n) is 0.253. The lowest BCUT2D eigenvalue weighted by Gasteiger charge is -1.60. The Morgan fingerprint density at radius 3 is 2.00 bits per heavy atom. The molecule has 0 fully saturated rings. The van der Waals surface area contributed by atoms with Crippen LogP contribution >= 0.6 is 8.86 Å². The first-order valence-corrected chi connectivity index (χ1v) is 2.16. The zero-order valence-electron chi connectivity index (χ0n) is 3.13. The van der Waals surface area contributed by atoms with E-state index in [2.05, 4.69) is 18.8 Å². The molecule has 0 spiro atoms. The van der Waals surface area contributed by atoms with Crippen LogP contribution in [-0.2, 0) is 0 Å². The van der Waals surface area contributed by atoms with Crippen LogP contribution in [0.1, 0.15) is 0 Å². The Morgan fingerprint density at radius 2 is 1.83 bits per heavy atom. The first-order chi connectivity index (χ1) is 2.89. The van der Waals surface area contributed by atoms with Gasteiger partial charge >= 0.3 is 5.54 Å². The summed E-state index contributed by atoms with van der Waals surface area (Å²) in [6.07, 6.45) is 3.31. The molecule has 0 saturated heterocycles. The molecule has 1 heterocycles. The third kappa shape index (κ3) is 0.522. The molecule has 6 heavy (non-hydrogen) atoms. The second kappa shape index (κ2) is 1.31. The Balaban J connectivity index is 2.86. The standard InChI is InChI=1S/C3H3N2P/c6-3-4-1-2-5-3/h1-2,6H/p+1. The van der Waals surface area contributed by atoms with E-state index in [1.165, 1.54) is 0 Å². The summed E-state index contributed by atoms with van der Waals surface area (Å²) in [6, 6.07) is 0. The minimum atomic E-state index is 0.759. The van der Waals surface area contributed by atoms with Crippen molar-refractivity contribution in [3.63, 3.8) is 0 Å². The Labute approximate surface area is 37.8 Å². The molecular formula is C3H4N2P+. The van der Waals surface area contributed by atoms with Crippen LogP contribution in [0.3, 0.4) is 0 Å². The minimum Gasteiger partial charge on any atom is -0.197 e. The molecule has 0 N–H and O–H groups in total. The molecule has 0 aliphatic carbocycles. The first kappa shape index (κ1) is 3.69. The predicted octanol–water partition coefficient (Wildman–Crippen LogP) is 0.104. The highest BCUT2D eigenvalue weighted by Crippen LogP contribution is 1.86. The summed E-state index contributed by atoms with van der Waals surface area (Å²) < 4.78 is 0. The van der Waals surface area contributed by atoms with Crippen molar-refractivity contribution in [1.29, 1.82) is 0 Å². The Hall–Kier alpha value is -0.490. The summed E-state index contributed by atoms with van der Waals surface area (Å²) in [7, 11) is 2.39. The van der Waals surface area contributed by atoms with Crippen LogP contribution in [0.15, 0.2) is 9.98 Å². The fourth-order valence-corrected chi connectivity index (χ4v) is 0.425. The SMILES string of the molecule is [PH2+]=C1N=CC=N1. The fraction of sp³-hybridized carbons (Fsp3) is 0. The molecule has 0 radical (unpaired) electrons. The largest absolute Gasteiger partial charge is 0.324 e. The third-order valence-corrected chi connectivity index (χ3v) is 0.778. The molecule has 1 aliphatic rings. The number of rotatable bonds is 0. The van der Waals surface area contributed by atoms with E-state index in [0.717, 1.165) is 5.54 Å². The molecule has 1 unspecified atom stereocenters. The average molecular weight is 99.1 g/mol. The van der Waals surface area contributed by atoms with E-state index >= 15 is 0 Å². The summed E-state index contributed by atoms with van der Waals surface area (Å²) in [6.45, 7) is 0. The number of nitrogens with zero attached hydrogens (tertiary/aromatic N) is 2. The monoisotopic (exact) mass is 99.0 g/mol. The van der Waals surface area contributed by atoms with Crippen molar-refractivity contribution >= 4 is 26.8 Å². The topological polar surface area (TPSA) is 24.7 Å². The van der Waals surface area contributed by atoms with E-state index in [4.69, 9.17) is 0 Å². The molecule has 0 saturated carbocycles. The van der Waals surface area contributed by atoms with Crippen LogP contribution in [0.4, 0.5) is 0 Å². The van der Waals surface area contributed by atoms with Gasteiger partial charge in [-0.3, -0.25) is 0 Å². The molecule has 1 rings (SSSR count). The Bertz CT molecular complexity index is 111. The molecular weight excluding hydrogens is 95.0 g/mol. The van der Waals surface area contributed by atoms with Crippen molar-refractivity contribution in [1.82, 2.24) is 0 Å². The molecule has 30 valence electrons. The van der Waals surface area contributed by atoms with Gasteiger partial charge in [-0.05, 0) is 0 Å². The summed E-state index contributed by atoms with van der Waals surface area (Å²) in [4.78, 5) is 7.54. The lowest BCUT2D eigenvalue weighted by atomic mass is 10.9. The molecule has 0 aromatic rings. The van der Waals surface area contributed by atoms with Crippen molar-refractivity contribution < 1.29 is 0 Å².